The fraction of sp³-hybridized carbons (Fsp3) is 0.400. The van der Waals surface area contributed by atoms with E-state index in [1.54, 1.807) is 13.1 Å². The molecule has 4 nitrogen and oxygen atoms in total. The van der Waals surface area contributed by atoms with E-state index < -0.39 is 5.97 Å². The molecule has 0 aliphatic rings. The summed E-state index contributed by atoms with van der Waals surface area (Å²) in [5.41, 5.74) is 0.892. The van der Waals surface area contributed by atoms with Crippen molar-refractivity contribution in [1.29, 1.82) is 0 Å². The average Bonchev–Trinajstić information content (AvgIpc) is 2.44. The van der Waals surface area contributed by atoms with E-state index in [1.807, 2.05) is 30.3 Å². The molecule has 0 heterocycles. The van der Waals surface area contributed by atoms with Crippen molar-refractivity contribution in [1.82, 2.24) is 0 Å². The Balaban J connectivity index is 2.63. The second kappa shape index (κ2) is 9.03. The summed E-state index contributed by atoms with van der Waals surface area (Å²) in [6, 6.07) is 9.58. The molecular weight excluding hydrogens is 242 g/mol. The third-order valence-corrected chi connectivity index (χ3v) is 2.38. The van der Waals surface area contributed by atoms with E-state index in [1.165, 1.54) is 0 Å². The highest BCUT2D eigenvalue weighted by Crippen LogP contribution is 2.08. The molecule has 0 fully saturated rings. The predicted octanol–water partition coefficient (Wildman–Crippen LogP) is 3.32. The number of benzene rings is 1. The van der Waals surface area contributed by atoms with Crippen molar-refractivity contribution >= 4 is 11.7 Å². The molecule has 1 aromatic carbocycles. The van der Waals surface area contributed by atoms with Crippen LogP contribution in [0.25, 0.3) is 0 Å². The van der Waals surface area contributed by atoms with E-state index in [0.717, 1.165) is 18.5 Å². The molecule has 0 aromatic heterocycles. The molecule has 4 heteroatoms. The number of carbonyl (C=O) groups is 1. The van der Waals surface area contributed by atoms with Gasteiger partial charge in [0.15, 0.2) is 0 Å². The van der Waals surface area contributed by atoms with Gasteiger partial charge in [0.1, 0.15) is 0 Å². The number of hydrogen-bond donors (Lipinski definition) is 1. The van der Waals surface area contributed by atoms with Crippen molar-refractivity contribution in [3.05, 3.63) is 42.3 Å². The van der Waals surface area contributed by atoms with Gasteiger partial charge >= 0.3 is 5.97 Å². The zero-order valence-corrected chi connectivity index (χ0v) is 11.5. The van der Waals surface area contributed by atoms with Crippen LogP contribution in [0.3, 0.4) is 0 Å². The summed E-state index contributed by atoms with van der Waals surface area (Å²) < 4.78 is 10.4. The van der Waals surface area contributed by atoms with Crippen molar-refractivity contribution in [3.8, 4) is 0 Å². The Bertz CT molecular complexity index is 401. The number of nitrogens with one attached hydrogen (secondary N) is 1. The van der Waals surface area contributed by atoms with Crippen molar-refractivity contribution < 1.29 is 14.3 Å². The number of ether oxygens (including phenoxy) is 2. The normalized spacial score (nSPS) is 10.9. The number of unbranched alkanes of at least 4 members (excludes halogenated alkanes) is 1. The van der Waals surface area contributed by atoms with E-state index >= 15 is 0 Å². The highest BCUT2D eigenvalue weighted by molar-refractivity contribution is 5.86. The zero-order chi connectivity index (χ0) is 13.9. The summed E-state index contributed by atoms with van der Waals surface area (Å²) in [6.45, 7) is 4.68. The van der Waals surface area contributed by atoms with Crippen LogP contribution < -0.4 is 5.32 Å². The maximum atomic E-state index is 11.7. The van der Waals surface area contributed by atoms with Gasteiger partial charge in [-0.25, -0.2) is 4.79 Å². The maximum Gasteiger partial charge on any atom is 0.375 e. The molecule has 19 heavy (non-hydrogen) atoms. The summed E-state index contributed by atoms with van der Waals surface area (Å²) in [6.07, 6.45) is 3.47. The van der Waals surface area contributed by atoms with Gasteiger partial charge in [0, 0.05) is 5.69 Å². The SMILES string of the molecule is CCCCO/C(=C/Nc1ccccc1)C(=O)OCC. The summed E-state index contributed by atoms with van der Waals surface area (Å²) in [7, 11) is 0. The average molecular weight is 263 g/mol. The molecule has 1 aromatic rings. The van der Waals surface area contributed by atoms with Gasteiger partial charge in [0.05, 0.1) is 19.4 Å². The summed E-state index contributed by atoms with van der Waals surface area (Å²) in [4.78, 5) is 11.7. The minimum absolute atomic E-state index is 0.208. The number of hydrogen-bond acceptors (Lipinski definition) is 4. The van der Waals surface area contributed by atoms with Gasteiger partial charge in [-0.2, -0.15) is 0 Å². The van der Waals surface area contributed by atoms with Crippen LogP contribution >= 0.6 is 0 Å². The third-order valence-electron chi connectivity index (χ3n) is 2.38. The van der Waals surface area contributed by atoms with Crippen LogP contribution in [-0.4, -0.2) is 19.2 Å². The minimum atomic E-state index is -0.443. The van der Waals surface area contributed by atoms with Crippen LogP contribution in [0, 0.1) is 0 Å². The number of carbonyl (C=O) groups excluding carboxylic acids is 1. The smallest absolute Gasteiger partial charge is 0.375 e. The number of esters is 1. The Hall–Kier alpha value is -1.97. The number of rotatable bonds is 8. The summed E-state index contributed by atoms with van der Waals surface area (Å²) >= 11 is 0. The molecule has 0 unspecified atom stereocenters. The first-order valence-corrected chi connectivity index (χ1v) is 6.59. The first-order valence-electron chi connectivity index (χ1n) is 6.59. The van der Waals surface area contributed by atoms with E-state index in [0.29, 0.717) is 13.2 Å². The minimum Gasteiger partial charge on any atom is -0.486 e. The van der Waals surface area contributed by atoms with Gasteiger partial charge in [-0.05, 0) is 25.5 Å². The first-order chi connectivity index (χ1) is 9.27. The van der Waals surface area contributed by atoms with E-state index in [9.17, 15) is 4.79 Å². The molecule has 104 valence electrons. The van der Waals surface area contributed by atoms with Crippen molar-refractivity contribution in [2.75, 3.05) is 18.5 Å². The van der Waals surface area contributed by atoms with Crippen LogP contribution in [0.5, 0.6) is 0 Å². The second-order valence-electron chi connectivity index (χ2n) is 3.94. The molecule has 0 radical (unpaired) electrons. The standard InChI is InChI=1S/C15H21NO3/c1-3-5-11-19-14(15(17)18-4-2)12-16-13-9-7-6-8-10-13/h6-10,12,16H,3-5,11H2,1-2H3/b14-12+. The molecule has 1 rings (SSSR count). The third kappa shape index (κ3) is 5.95. The van der Waals surface area contributed by atoms with E-state index in [2.05, 4.69) is 12.2 Å². The van der Waals surface area contributed by atoms with Crippen LogP contribution in [0.2, 0.25) is 0 Å². The van der Waals surface area contributed by atoms with Crippen molar-refractivity contribution in [2.24, 2.45) is 0 Å². The Labute approximate surface area is 114 Å². The zero-order valence-electron chi connectivity index (χ0n) is 11.5. The van der Waals surface area contributed by atoms with Gasteiger partial charge in [0.2, 0.25) is 5.76 Å². The highest BCUT2D eigenvalue weighted by atomic mass is 16.6. The highest BCUT2D eigenvalue weighted by Gasteiger charge is 2.11. The lowest BCUT2D eigenvalue weighted by Crippen LogP contribution is -2.12. The number of para-hydroxylation sites is 1. The largest absolute Gasteiger partial charge is 0.486 e. The molecule has 0 atom stereocenters. The van der Waals surface area contributed by atoms with Gasteiger partial charge < -0.3 is 14.8 Å². The van der Waals surface area contributed by atoms with Crippen LogP contribution in [0.15, 0.2) is 42.3 Å². The molecule has 0 aliphatic heterocycles. The van der Waals surface area contributed by atoms with Gasteiger partial charge in [0.25, 0.3) is 0 Å². The molecule has 0 saturated carbocycles. The molecule has 0 spiro atoms. The second-order valence-corrected chi connectivity index (χ2v) is 3.94. The molecule has 0 saturated heterocycles. The lowest BCUT2D eigenvalue weighted by molar-refractivity contribution is -0.142. The first kappa shape index (κ1) is 15.1. The molecule has 0 amide bonds. The molecule has 1 N–H and O–H groups in total. The van der Waals surface area contributed by atoms with Crippen molar-refractivity contribution in [3.63, 3.8) is 0 Å². The fourth-order valence-electron chi connectivity index (χ4n) is 1.37. The summed E-state index contributed by atoms with van der Waals surface area (Å²) in [5.74, 6) is -0.235. The topological polar surface area (TPSA) is 47.6 Å². The lowest BCUT2D eigenvalue weighted by atomic mass is 10.3. The monoisotopic (exact) mass is 263 g/mol. The Morgan fingerprint density at radius 3 is 2.58 bits per heavy atom. The molecule has 0 bridgehead atoms. The molecule has 0 aliphatic carbocycles. The van der Waals surface area contributed by atoms with Gasteiger partial charge in [-0.15, -0.1) is 0 Å². The lowest BCUT2D eigenvalue weighted by Gasteiger charge is -2.10. The quantitative estimate of drug-likeness (QED) is 0.338. The molecular formula is C15H21NO3. The van der Waals surface area contributed by atoms with Crippen LogP contribution in [0.4, 0.5) is 5.69 Å². The number of anilines is 1. The van der Waals surface area contributed by atoms with Crippen LogP contribution in [0.1, 0.15) is 26.7 Å². The Morgan fingerprint density at radius 1 is 1.21 bits per heavy atom. The van der Waals surface area contributed by atoms with E-state index in [-0.39, 0.29) is 5.76 Å². The van der Waals surface area contributed by atoms with Gasteiger partial charge in [-0.1, -0.05) is 31.5 Å². The summed E-state index contributed by atoms with van der Waals surface area (Å²) in [5, 5.41) is 3.02. The van der Waals surface area contributed by atoms with Crippen molar-refractivity contribution in [2.45, 2.75) is 26.7 Å². The predicted molar refractivity (Wildman–Crippen MR) is 75.6 cm³/mol. The van der Waals surface area contributed by atoms with Gasteiger partial charge in [-0.3, -0.25) is 0 Å². The van der Waals surface area contributed by atoms with E-state index in [4.69, 9.17) is 9.47 Å². The maximum absolute atomic E-state index is 11.7. The van der Waals surface area contributed by atoms with Crippen LogP contribution in [-0.2, 0) is 14.3 Å². The fourth-order valence-corrected chi connectivity index (χ4v) is 1.37. The Kier molecular flexibility index (Phi) is 7.17. The Morgan fingerprint density at radius 2 is 1.95 bits per heavy atom.